The fraction of sp³-hybridized carbons (Fsp3) is 0.368. The second kappa shape index (κ2) is 7.28. The summed E-state index contributed by atoms with van der Waals surface area (Å²) in [6.45, 7) is 8.43. The van der Waals surface area contributed by atoms with Gasteiger partial charge < -0.3 is 10.1 Å². The van der Waals surface area contributed by atoms with E-state index < -0.39 is 0 Å². The first kappa shape index (κ1) is 15.6. The van der Waals surface area contributed by atoms with Gasteiger partial charge in [0.15, 0.2) is 0 Å². The Morgan fingerprint density at radius 3 is 2.48 bits per heavy atom. The summed E-state index contributed by atoms with van der Waals surface area (Å²) in [5.41, 5.74) is 6.36. The molecule has 2 nitrogen and oxygen atoms in total. The summed E-state index contributed by atoms with van der Waals surface area (Å²) in [6.07, 6.45) is 1.16. The van der Waals surface area contributed by atoms with Gasteiger partial charge in [0.2, 0.25) is 0 Å². The molecule has 0 atom stereocenters. The number of hydrogen-bond acceptors (Lipinski definition) is 2. The highest BCUT2D eigenvalue weighted by Gasteiger charge is 2.06. The normalized spacial score (nSPS) is 10.7. The molecule has 0 aromatic heterocycles. The van der Waals surface area contributed by atoms with Gasteiger partial charge in [-0.15, -0.1) is 0 Å². The number of aryl methyl sites for hydroxylation is 2. The van der Waals surface area contributed by atoms with Crippen molar-refractivity contribution in [3.05, 3.63) is 53.1 Å². The summed E-state index contributed by atoms with van der Waals surface area (Å²) in [6, 6.07) is 13.1. The molecule has 2 aromatic carbocycles. The molecule has 2 rings (SSSR count). The third kappa shape index (κ3) is 3.85. The van der Waals surface area contributed by atoms with E-state index in [0.29, 0.717) is 0 Å². The van der Waals surface area contributed by atoms with Crippen LogP contribution >= 0.6 is 0 Å². The molecule has 0 aliphatic rings. The van der Waals surface area contributed by atoms with Crippen molar-refractivity contribution in [3.63, 3.8) is 0 Å². The number of nitrogens with one attached hydrogen (secondary N) is 1. The summed E-state index contributed by atoms with van der Waals surface area (Å²) < 4.78 is 5.35. The van der Waals surface area contributed by atoms with Crippen molar-refractivity contribution in [1.29, 1.82) is 0 Å². The van der Waals surface area contributed by atoms with Crippen molar-refractivity contribution in [1.82, 2.24) is 5.32 Å². The van der Waals surface area contributed by atoms with Gasteiger partial charge in [-0.05, 0) is 72.8 Å². The zero-order valence-corrected chi connectivity index (χ0v) is 13.5. The molecule has 0 saturated heterocycles. The Kier molecular flexibility index (Phi) is 5.40. The minimum absolute atomic E-state index is 0.927. The van der Waals surface area contributed by atoms with Crippen LogP contribution in [0, 0.1) is 13.8 Å². The topological polar surface area (TPSA) is 21.3 Å². The van der Waals surface area contributed by atoms with E-state index in [9.17, 15) is 0 Å². The smallest absolute Gasteiger partial charge is 0.121 e. The maximum Gasteiger partial charge on any atom is 0.121 e. The van der Waals surface area contributed by atoms with Gasteiger partial charge in [-0.2, -0.15) is 0 Å². The van der Waals surface area contributed by atoms with Crippen LogP contribution < -0.4 is 10.1 Å². The number of rotatable bonds is 6. The lowest BCUT2D eigenvalue weighted by molar-refractivity contribution is 0.412. The molecule has 0 amide bonds. The van der Waals surface area contributed by atoms with E-state index in [0.717, 1.165) is 25.3 Å². The van der Waals surface area contributed by atoms with Crippen LogP contribution in [0.15, 0.2) is 36.4 Å². The Morgan fingerprint density at radius 2 is 1.81 bits per heavy atom. The van der Waals surface area contributed by atoms with Crippen molar-refractivity contribution >= 4 is 0 Å². The Morgan fingerprint density at radius 1 is 1.00 bits per heavy atom. The van der Waals surface area contributed by atoms with E-state index in [1.807, 2.05) is 6.07 Å². The van der Waals surface area contributed by atoms with Crippen molar-refractivity contribution in [2.75, 3.05) is 13.7 Å². The predicted molar refractivity (Wildman–Crippen MR) is 89.9 cm³/mol. The maximum absolute atomic E-state index is 5.35. The lowest BCUT2D eigenvalue weighted by Gasteiger charge is -2.12. The molecule has 0 heterocycles. The zero-order valence-electron chi connectivity index (χ0n) is 13.5. The highest BCUT2D eigenvalue weighted by molar-refractivity contribution is 5.69. The first-order valence-corrected chi connectivity index (χ1v) is 7.61. The van der Waals surface area contributed by atoms with Gasteiger partial charge in [-0.1, -0.05) is 25.1 Å². The van der Waals surface area contributed by atoms with E-state index >= 15 is 0 Å². The molecule has 21 heavy (non-hydrogen) atoms. The van der Waals surface area contributed by atoms with Crippen LogP contribution in [0.5, 0.6) is 5.75 Å². The molecule has 112 valence electrons. The van der Waals surface area contributed by atoms with Crippen molar-refractivity contribution in [3.8, 4) is 16.9 Å². The van der Waals surface area contributed by atoms with Crippen LogP contribution in [0.2, 0.25) is 0 Å². The van der Waals surface area contributed by atoms with Crippen LogP contribution in [-0.2, 0) is 6.54 Å². The van der Waals surface area contributed by atoms with Crippen molar-refractivity contribution in [2.24, 2.45) is 0 Å². The van der Waals surface area contributed by atoms with Crippen LogP contribution in [0.1, 0.15) is 30.0 Å². The predicted octanol–water partition coefficient (Wildman–Crippen LogP) is 4.48. The minimum atomic E-state index is 0.927. The quantitative estimate of drug-likeness (QED) is 0.789. The largest absolute Gasteiger partial charge is 0.496 e. The molecule has 0 unspecified atom stereocenters. The number of ether oxygens (including phenoxy) is 1. The molecule has 0 bridgehead atoms. The summed E-state index contributed by atoms with van der Waals surface area (Å²) in [4.78, 5) is 0. The van der Waals surface area contributed by atoms with Gasteiger partial charge in [-0.3, -0.25) is 0 Å². The fourth-order valence-electron chi connectivity index (χ4n) is 2.55. The fourth-order valence-corrected chi connectivity index (χ4v) is 2.55. The summed E-state index contributed by atoms with van der Waals surface area (Å²) in [5.74, 6) is 0.942. The van der Waals surface area contributed by atoms with Gasteiger partial charge >= 0.3 is 0 Å². The Hall–Kier alpha value is -1.80. The molecular formula is C19H25NO. The summed E-state index contributed by atoms with van der Waals surface area (Å²) >= 11 is 0. The minimum Gasteiger partial charge on any atom is -0.496 e. The molecule has 2 aromatic rings. The Labute approximate surface area is 128 Å². The lowest BCUT2D eigenvalue weighted by Crippen LogP contribution is -2.13. The van der Waals surface area contributed by atoms with E-state index in [1.54, 1.807) is 7.11 Å². The molecule has 0 aliphatic carbocycles. The van der Waals surface area contributed by atoms with E-state index in [2.05, 4.69) is 56.4 Å². The molecule has 0 spiro atoms. The average Bonchev–Trinajstić information content (AvgIpc) is 2.49. The van der Waals surface area contributed by atoms with Crippen molar-refractivity contribution in [2.45, 2.75) is 33.7 Å². The van der Waals surface area contributed by atoms with Crippen LogP contribution in [0.3, 0.4) is 0 Å². The number of hydrogen-bond donors (Lipinski definition) is 1. The van der Waals surface area contributed by atoms with Crippen molar-refractivity contribution < 1.29 is 4.74 Å². The van der Waals surface area contributed by atoms with Gasteiger partial charge in [0.1, 0.15) is 5.75 Å². The van der Waals surface area contributed by atoms with E-state index in [4.69, 9.17) is 4.74 Å². The molecule has 0 aliphatic heterocycles. The molecule has 0 fully saturated rings. The van der Waals surface area contributed by atoms with E-state index in [1.165, 1.54) is 27.8 Å². The molecule has 0 radical (unpaired) electrons. The zero-order chi connectivity index (χ0) is 15.2. The molecule has 0 saturated carbocycles. The molecular weight excluding hydrogens is 258 g/mol. The SMILES string of the molecule is CCCNCc1ccc(C)c(-c2ccc(OC)c(C)c2)c1. The van der Waals surface area contributed by atoms with Crippen LogP contribution in [0.4, 0.5) is 0 Å². The summed E-state index contributed by atoms with van der Waals surface area (Å²) in [7, 11) is 1.72. The second-order valence-corrected chi connectivity index (χ2v) is 5.51. The van der Waals surface area contributed by atoms with Gasteiger partial charge in [0.05, 0.1) is 7.11 Å². The Balaban J connectivity index is 2.29. The van der Waals surface area contributed by atoms with E-state index in [-0.39, 0.29) is 0 Å². The number of methoxy groups -OCH3 is 1. The highest BCUT2D eigenvalue weighted by Crippen LogP contribution is 2.29. The first-order chi connectivity index (χ1) is 10.2. The average molecular weight is 283 g/mol. The van der Waals surface area contributed by atoms with Crippen LogP contribution in [-0.4, -0.2) is 13.7 Å². The van der Waals surface area contributed by atoms with Crippen LogP contribution in [0.25, 0.3) is 11.1 Å². The third-order valence-corrected chi connectivity index (χ3v) is 3.76. The molecule has 1 N–H and O–H groups in total. The highest BCUT2D eigenvalue weighted by atomic mass is 16.5. The number of benzene rings is 2. The first-order valence-electron chi connectivity index (χ1n) is 7.61. The lowest BCUT2D eigenvalue weighted by atomic mass is 9.96. The monoisotopic (exact) mass is 283 g/mol. The third-order valence-electron chi connectivity index (χ3n) is 3.76. The van der Waals surface area contributed by atoms with Gasteiger partial charge in [0.25, 0.3) is 0 Å². The van der Waals surface area contributed by atoms with Gasteiger partial charge in [-0.25, -0.2) is 0 Å². The Bertz CT molecular complexity index is 605. The van der Waals surface area contributed by atoms with Gasteiger partial charge in [0, 0.05) is 6.54 Å². The standard InChI is InChI=1S/C19H25NO/c1-5-10-20-13-16-7-6-14(2)18(12-16)17-8-9-19(21-4)15(3)11-17/h6-9,11-12,20H,5,10,13H2,1-4H3. The molecule has 2 heteroatoms. The second-order valence-electron chi connectivity index (χ2n) is 5.51. The maximum atomic E-state index is 5.35. The summed E-state index contributed by atoms with van der Waals surface area (Å²) in [5, 5.41) is 3.46.